The van der Waals surface area contributed by atoms with Crippen molar-refractivity contribution >= 4 is 0 Å². The van der Waals surface area contributed by atoms with Gasteiger partial charge in [-0.2, -0.15) is 0 Å². The lowest BCUT2D eigenvalue weighted by Gasteiger charge is -2.35. The molecule has 0 saturated heterocycles. The first-order valence-corrected chi connectivity index (χ1v) is 23.4. The molecule has 314 valence electrons. The summed E-state index contributed by atoms with van der Waals surface area (Å²) in [6, 6.07) is 70.1. The molecule has 0 saturated carbocycles. The van der Waals surface area contributed by atoms with Gasteiger partial charge in [0.15, 0.2) is 0 Å². The third kappa shape index (κ3) is 5.38. The molecule has 0 N–H and O–H groups in total. The second-order valence-electron chi connectivity index (χ2n) is 20.2. The Bertz CT molecular complexity index is 3300. The van der Waals surface area contributed by atoms with E-state index in [0.717, 1.165) is 0 Å². The maximum atomic E-state index is 2.53. The molecule has 9 aromatic carbocycles. The van der Waals surface area contributed by atoms with Crippen LogP contribution in [0.25, 0.3) is 66.8 Å². The van der Waals surface area contributed by atoms with Gasteiger partial charge < -0.3 is 0 Å². The molecule has 3 aliphatic rings. The molecule has 0 radical (unpaired) electrons. The number of benzene rings is 9. The van der Waals surface area contributed by atoms with Crippen LogP contribution in [0.4, 0.5) is 0 Å². The van der Waals surface area contributed by atoms with Gasteiger partial charge in [0.1, 0.15) is 0 Å². The summed E-state index contributed by atoms with van der Waals surface area (Å²) in [6.45, 7) is 18.6. The third-order valence-corrected chi connectivity index (χ3v) is 15.8. The average molecular weight is 835 g/mol. The quantitative estimate of drug-likeness (QED) is 0.162. The molecule has 12 rings (SSSR count). The number of rotatable bonds is 5. The van der Waals surface area contributed by atoms with Gasteiger partial charge in [-0.05, 0) is 168 Å². The standard InChI is InChI=1S/C65H54/c1-39-35-41(3)58(42(4)36-39)51-28-18-34-57-62(51)59-40(2)19-13-33-56(59)65(57,45-22-14-20-43(37-45)47-26-16-31-54-60(47)49-24-9-11-29-52(49)63(54,5)6)46-23-15-21-44(38-46)48-27-17-32-55-61(48)50-25-10-12-30-53(50)64(55,7)8/h9-38H,1-8H3. The van der Waals surface area contributed by atoms with Crippen LogP contribution in [0.2, 0.25) is 0 Å². The van der Waals surface area contributed by atoms with E-state index in [9.17, 15) is 0 Å². The first kappa shape index (κ1) is 39.6. The van der Waals surface area contributed by atoms with E-state index in [4.69, 9.17) is 0 Å². The molecule has 0 fully saturated rings. The molecule has 65 heavy (non-hydrogen) atoms. The molecule has 3 aliphatic carbocycles. The van der Waals surface area contributed by atoms with Gasteiger partial charge in [0.2, 0.25) is 0 Å². The zero-order valence-electron chi connectivity index (χ0n) is 38.8. The second-order valence-corrected chi connectivity index (χ2v) is 20.2. The summed E-state index contributed by atoms with van der Waals surface area (Å²) in [4.78, 5) is 0. The highest BCUT2D eigenvalue weighted by molar-refractivity contribution is 5.99. The van der Waals surface area contributed by atoms with Crippen LogP contribution in [0.15, 0.2) is 182 Å². The number of aryl methyl sites for hydroxylation is 4. The van der Waals surface area contributed by atoms with Crippen LogP contribution < -0.4 is 0 Å². The van der Waals surface area contributed by atoms with Crippen LogP contribution in [0, 0.1) is 27.7 Å². The van der Waals surface area contributed by atoms with Crippen molar-refractivity contribution in [2.75, 3.05) is 0 Å². The first-order valence-electron chi connectivity index (χ1n) is 23.4. The Hall–Kier alpha value is -7.02. The SMILES string of the molecule is Cc1cc(C)c(-c2cccc3c2-c2c(C)cccc2C3(c2cccc(-c3cccc4c3-c3ccccc3C4(C)C)c2)c2cccc(-c3cccc4c3-c3ccccc3C4(C)C)c2)c(C)c1. The summed E-state index contributed by atoms with van der Waals surface area (Å²) in [7, 11) is 0. The molecule has 0 aromatic heterocycles. The van der Waals surface area contributed by atoms with E-state index in [0.29, 0.717) is 0 Å². The molecule has 0 bridgehead atoms. The fourth-order valence-corrected chi connectivity index (χ4v) is 13.0. The van der Waals surface area contributed by atoms with Gasteiger partial charge in [0.25, 0.3) is 0 Å². The molecule has 0 amide bonds. The summed E-state index contributed by atoms with van der Waals surface area (Å²) < 4.78 is 0. The van der Waals surface area contributed by atoms with E-state index >= 15 is 0 Å². The molecule has 0 heteroatoms. The van der Waals surface area contributed by atoms with Crippen LogP contribution in [-0.2, 0) is 16.2 Å². The average Bonchev–Trinajstić information content (AvgIpc) is 3.85. The first-order chi connectivity index (χ1) is 31.4. The minimum atomic E-state index is -0.629. The van der Waals surface area contributed by atoms with Gasteiger partial charge >= 0.3 is 0 Å². The topological polar surface area (TPSA) is 0 Å². The predicted octanol–water partition coefficient (Wildman–Crippen LogP) is 16.9. The lowest BCUT2D eigenvalue weighted by atomic mass is 9.66. The minimum Gasteiger partial charge on any atom is -0.0619 e. The summed E-state index contributed by atoms with van der Waals surface area (Å²) >= 11 is 0. The zero-order chi connectivity index (χ0) is 44.6. The van der Waals surface area contributed by atoms with Gasteiger partial charge in [0.05, 0.1) is 5.41 Å². The molecule has 9 aromatic rings. The Labute approximate surface area is 385 Å². The normalized spacial score (nSPS) is 15.1. The maximum Gasteiger partial charge on any atom is 0.0714 e. The van der Waals surface area contributed by atoms with E-state index in [2.05, 4.69) is 237 Å². The molecule has 0 heterocycles. The van der Waals surface area contributed by atoms with Crippen LogP contribution in [-0.4, -0.2) is 0 Å². The summed E-state index contributed by atoms with van der Waals surface area (Å²) in [5.41, 5.74) is 31.0. The monoisotopic (exact) mass is 834 g/mol. The highest BCUT2D eigenvalue weighted by Gasteiger charge is 2.48. The van der Waals surface area contributed by atoms with Gasteiger partial charge in [0, 0.05) is 10.8 Å². The van der Waals surface area contributed by atoms with Crippen LogP contribution in [0.3, 0.4) is 0 Å². The van der Waals surface area contributed by atoms with Crippen LogP contribution >= 0.6 is 0 Å². The van der Waals surface area contributed by atoms with E-state index in [1.54, 1.807) is 0 Å². The fourth-order valence-electron chi connectivity index (χ4n) is 13.0. The molecule has 0 nitrogen and oxygen atoms in total. The third-order valence-electron chi connectivity index (χ3n) is 15.8. The number of fused-ring (bicyclic) bond motifs is 9. The van der Waals surface area contributed by atoms with Crippen LogP contribution in [0.5, 0.6) is 0 Å². The maximum absolute atomic E-state index is 2.53. The van der Waals surface area contributed by atoms with Crippen LogP contribution in [0.1, 0.15) is 94.5 Å². The molecule has 0 atom stereocenters. The van der Waals surface area contributed by atoms with Gasteiger partial charge in [-0.1, -0.05) is 203 Å². The van der Waals surface area contributed by atoms with Gasteiger partial charge in [-0.25, -0.2) is 0 Å². The lowest BCUT2D eigenvalue weighted by Crippen LogP contribution is -2.28. The smallest absolute Gasteiger partial charge is 0.0619 e. The largest absolute Gasteiger partial charge is 0.0714 e. The van der Waals surface area contributed by atoms with Crippen molar-refractivity contribution in [1.82, 2.24) is 0 Å². The Balaban J connectivity index is 1.17. The second kappa shape index (κ2) is 14.0. The Morgan fingerprint density at radius 1 is 0.277 bits per heavy atom. The molecule has 0 aliphatic heterocycles. The van der Waals surface area contributed by atoms with Crippen molar-refractivity contribution in [2.24, 2.45) is 0 Å². The Kier molecular flexibility index (Phi) is 8.51. The predicted molar refractivity (Wildman–Crippen MR) is 274 cm³/mol. The zero-order valence-corrected chi connectivity index (χ0v) is 38.8. The van der Waals surface area contributed by atoms with Crippen molar-refractivity contribution in [1.29, 1.82) is 0 Å². The molecule has 0 spiro atoms. The Morgan fingerprint density at radius 2 is 0.677 bits per heavy atom. The summed E-state index contributed by atoms with van der Waals surface area (Å²) in [5, 5.41) is 0. The minimum absolute atomic E-state index is 0.0853. The van der Waals surface area contributed by atoms with Crippen molar-refractivity contribution in [3.63, 3.8) is 0 Å². The van der Waals surface area contributed by atoms with E-state index < -0.39 is 5.41 Å². The highest BCUT2D eigenvalue weighted by atomic mass is 14.5. The fraction of sp³-hybridized carbons (Fsp3) is 0.169. The van der Waals surface area contributed by atoms with Crippen molar-refractivity contribution < 1.29 is 0 Å². The summed E-state index contributed by atoms with van der Waals surface area (Å²) in [6.07, 6.45) is 0. The van der Waals surface area contributed by atoms with Gasteiger partial charge in [-0.3, -0.25) is 0 Å². The highest BCUT2D eigenvalue weighted by Crippen LogP contribution is 2.61. The molecular formula is C65H54. The van der Waals surface area contributed by atoms with E-state index in [1.807, 2.05) is 0 Å². The van der Waals surface area contributed by atoms with E-state index in [-0.39, 0.29) is 10.8 Å². The van der Waals surface area contributed by atoms with Gasteiger partial charge in [-0.15, -0.1) is 0 Å². The molecule has 0 unspecified atom stereocenters. The van der Waals surface area contributed by atoms with Crippen molar-refractivity contribution in [3.8, 4) is 66.8 Å². The number of hydrogen-bond acceptors (Lipinski definition) is 0. The van der Waals surface area contributed by atoms with Crippen molar-refractivity contribution in [2.45, 2.75) is 71.6 Å². The number of hydrogen-bond donors (Lipinski definition) is 0. The van der Waals surface area contributed by atoms with Crippen molar-refractivity contribution in [3.05, 3.63) is 249 Å². The lowest BCUT2D eigenvalue weighted by molar-refractivity contribution is 0.660. The molecular weight excluding hydrogens is 781 g/mol. The van der Waals surface area contributed by atoms with E-state index in [1.165, 1.54) is 134 Å². The Morgan fingerprint density at radius 3 is 1.20 bits per heavy atom. The summed E-state index contributed by atoms with van der Waals surface area (Å²) in [5.74, 6) is 0.